The van der Waals surface area contributed by atoms with Gasteiger partial charge in [-0.15, -0.1) is 0 Å². The van der Waals surface area contributed by atoms with Crippen LogP contribution in [0.1, 0.15) is 128 Å². The SMILES string of the molecule is O=C(O)CCCCCCCCCCCCCCC(=O)C[C@@H](CCC(=O)NCCCC[C@H](NC1SS[CH]SSCSS1)C(=O)O)C(=O)O. The van der Waals surface area contributed by atoms with Crippen molar-refractivity contribution in [2.24, 2.45) is 5.92 Å². The van der Waals surface area contributed by atoms with Gasteiger partial charge in [-0.2, -0.15) is 0 Å². The Morgan fingerprint density at radius 2 is 1.28 bits per heavy atom. The fraction of sp³-hybridized carbons (Fsp3) is 0.806. The van der Waals surface area contributed by atoms with Crippen LogP contribution in [0.25, 0.3) is 0 Å². The molecule has 1 rings (SSSR count). The summed E-state index contributed by atoms with van der Waals surface area (Å²) in [6, 6.07) is -0.678. The van der Waals surface area contributed by atoms with Crippen molar-refractivity contribution in [2.75, 3.05) is 11.6 Å². The Kier molecular flexibility index (Phi) is 28.9. The highest BCUT2D eigenvalue weighted by atomic mass is 33.2. The molecule has 10 nitrogen and oxygen atoms in total. The molecule has 1 saturated heterocycles. The van der Waals surface area contributed by atoms with Crippen LogP contribution in [-0.2, 0) is 24.0 Å². The first-order valence-corrected chi connectivity index (χ1v) is 23.6. The summed E-state index contributed by atoms with van der Waals surface area (Å²) < 4.78 is -0.0529. The lowest BCUT2D eigenvalue weighted by Crippen LogP contribution is -2.40. The molecule has 47 heavy (non-hydrogen) atoms. The van der Waals surface area contributed by atoms with Gasteiger partial charge in [0.25, 0.3) is 0 Å². The van der Waals surface area contributed by atoms with E-state index in [-0.39, 0.29) is 42.1 Å². The number of rotatable bonds is 29. The van der Waals surface area contributed by atoms with Crippen molar-refractivity contribution in [1.29, 1.82) is 0 Å². The molecule has 3 atom stereocenters. The summed E-state index contributed by atoms with van der Waals surface area (Å²) in [6.45, 7) is 0.389. The molecule has 1 aliphatic heterocycles. The molecule has 271 valence electrons. The fourth-order valence-electron chi connectivity index (χ4n) is 4.92. The van der Waals surface area contributed by atoms with Crippen molar-refractivity contribution in [3.8, 4) is 0 Å². The predicted octanol–water partition coefficient (Wildman–Crippen LogP) is 8.82. The third-order valence-electron chi connectivity index (χ3n) is 7.56. The van der Waals surface area contributed by atoms with E-state index >= 15 is 0 Å². The molecule has 16 heteroatoms. The maximum absolute atomic E-state index is 12.4. The third kappa shape index (κ3) is 27.1. The summed E-state index contributed by atoms with van der Waals surface area (Å²) in [4.78, 5) is 58.7. The number of hydrogen-bond acceptors (Lipinski definition) is 12. The predicted molar refractivity (Wildman–Crippen MR) is 202 cm³/mol. The van der Waals surface area contributed by atoms with Gasteiger partial charge in [-0.25, -0.2) is 0 Å². The molecule has 0 aromatic carbocycles. The van der Waals surface area contributed by atoms with E-state index in [4.69, 9.17) is 5.11 Å². The molecular formula is C31H53N2O8S6. The van der Waals surface area contributed by atoms with Gasteiger partial charge in [0.1, 0.15) is 16.5 Å². The zero-order chi connectivity index (χ0) is 34.5. The van der Waals surface area contributed by atoms with Crippen LogP contribution >= 0.6 is 64.8 Å². The molecule has 1 fully saturated rings. The number of hydrogen-bond donors (Lipinski definition) is 5. The Hall–Kier alpha value is -0.390. The lowest BCUT2D eigenvalue weighted by Gasteiger charge is -2.21. The molecule has 0 saturated carbocycles. The van der Waals surface area contributed by atoms with E-state index in [1.165, 1.54) is 25.7 Å². The number of unbranched alkanes of at least 4 members (excludes halogenated alkanes) is 12. The number of Topliss-reactive ketones (excluding diaryl/α,β-unsaturated/α-hetero) is 1. The molecule has 1 unspecified atom stereocenters. The summed E-state index contributed by atoms with van der Waals surface area (Å²) in [5.41, 5.74) is 0. The summed E-state index contributed by atoms with van der Waals surface area (Å²) in [7, 11) is 9.94. The van der Waals surface area contributed by atoms with Crippen molar-refractivity contribution in [3.05, 3.63) is 5.08 Å². The Morgan fingerprint density at radius 1 is 0.660 bits per heavy atom. The molecule has 0 aliphatic carbocycles. The van der Waals surface area contributed by atoms with Crippen molar-refractivity contribution in [2.45, 2.75) is 139 Å². The van der Waals surface area contributed by atoms with E-state index < -0.39 is 29.9 Å². The van der Waals surface area contributed by atoms with Crippen LogP contribution in [0.2, 0.25) is 0 Å². The zero-order valence-electron chi connectivity index (χ0n) is 27.2. The first-order valence-electron chi connectivity index (χ1n) is 16.6. The average Bonchev–Trinajstić information content (AvgIpc) is 3.16. The fourth-order valence-corrected chi connectivity index (χ4v) is 14.4. The summed E-state index contributed by atoms with van der Waals surface area (Å²) in [5, 5.41) is 36.8. The Balaban J connectivity index is 2.10. The lowest BCUT2D eigenvalue weighted by molar-refractivity contribution is -0.144. The minimum absolute atomic E-state index is 0.0350. The van der Waals surface area contributed by atoms with E-state index in [1.54, 1.807) is 64.8 Å². The zero-order valence-corrected chi connectivity index (χ0v) is 32.1. The standard InChI is InChI=1S/C31H53N2O8S6/c34-25(15-11-9-7-5-3-1-2-4-6-8-10-12-17-28(36)37)21-24(29(38)39)18-19-27(35)32-20-14-13-16-26(30(40)41)33-31-46-44-22-42-43-23-45-47-31/h22,24,26,31,33H,1-21,23H2,(H,32,35)(H,36,37)(H,38,39)(H,40,41)/t24-,26+,31?/m1/s1. The number of nitrogens with one attached hydrogen (secondary N) is 2. The molecule has 5 N–H and O–H groups in total. The average molecular weight is 774 g/mol. The number of carbonyl (C=O) groups excluding carboxylic acids is 2. The number of amides is 1. The molecule has 0 aromatic heterocycles. The highest BCUT2D eigenvalue weighted by molar-refractivity contribution is 8.93. The van der Waals surface area contributed by atoms with Gasteiger partial charge in [0, 0.05) is 32.2 Å². The first kappa shape index (κ1) is 44.6. The van der Waals surface area contributed by atoms with Gasteiger partial charge >= 0.3 is 17.9 Å². The first-order chi connectivity index (χ1) is 22.7. The molecule has 1 aliphatic rings. The van der Waals surface area contributed by atoms with Crippen molar-refractivity contribution >= 4 is 94.4 Å². The van der Waals surface area contributed by atoms with Crippen LogP contribution in [0, 0.1) is 11.0 Å². The third-order valence-corrected chi connectivity index (χ3v) is 16.7. The monoisotopic (exact) mass is 773 g/mol. The minimum atomic E-state index is -1.05. The van der Waals surface area contributed by atoms with E-state index in [2.05, 4.69) is 10.6 Å². The van der Waals surface area contributed by atoms with E-state index in [0.29, 0.717) is 32.2 Å². The second kappa shape index (κ2) is 30.4. The minimum Gasteiger partial charge on any atom is -0.481 e. The van der Waals surface area contributed by atoms with Gasteiger partial charge in [-0.1, -0.05) is 129 Å². The maximum Gasteiger partial charge on any atom is 0.320 e. The topological polar surface area (TPSA) is 170 Å². The van der Waals surface area contributed by atoms with E-state index in [1.807, 2.05) is 5.08 Å². The van der Waals surface area contributed by atoms with Gasteiger partial charge in [0.05, 0.1) is 16.1 Å². The van der Waals surface area contributed by atoms with Crippen molar-refractivity contribution in [3.63, 3.8) is 0 Å². The summed E-state index contributed by atoms with van der Waals surface area (Å²) >= 11 is 0. The molecule has 0 aromatic rings. The lowest BCUT2D eigenvalue weighted by atomic mass is 9.94. The number of carbonyl (C=O) groups is 5. The van der Waals surface area contributed by atoms with Gasteiger partial charge in [0.2, 0.25) is 5.91 Å². The number of aliphatic carboxylic acids is 3. The van der Waals surface area contributed by atoms with E-state index in [9.17, 15) is 34.2 Å². The van der Waals surface area contributed by atoms with Crippen molar-refractivity contribution in [1.82, 2.24) is 10.6 Å². The highest BCUT2D eigenvalue weighted by Gasteiger charge is 2.24. The summed E-state index contributed by atoms with van der Waals surface area (Å²) in [6.07, 6.45) is 15.1. The molecule has 1 heterocycles. The summed E-state index contributed by atoms with van der Waals surface area (Å²) in [5.74, 6) is -3.86. The van der Waals surface area contributed by atoms with Crippen LogP contribution < -0.4 is 10.6 Å². The number of carboxylic acid groups (broad SMARTS) is 3. The van der Waals surface area contributed by atoms with E-state index in [0.717, 1.165) is 56.5 Å². The normalized spacial score (nSPS) is 15.6. The molecular weight excluding hydrogens is 721 g/mol. The quantitative estimate of drug-likeness (QED) is 0.0361. The second-order valence-corrected chi connectivity index (χ2v) is 19.4. The van der Waals surface area contributed by atoms with Crippen LogP contribution in [0.3, 0.4) is 0 Å². The Labute approximate surface area is 304 Å². The number of ketones is 1. The van der Waals surface area contributed by atoms with Gasteiger partial charge in [0.15, 0.2) is 0 Å². The van der Waals surface area contributed by atoms with Gasteiger partial charge in [-0.3, -0.25) is 29.3 Å². The highest BCUT2D eigenvalue weighted by Crippen LogP contribution is 2.48. The van der Waals surface area contributed by atoms with Gasteiger partial charge < -0.3 is 20.6 Å². The molecule has 0 spiro atoms. The maximum atomic E-state index is 12.4. The van der Waals surface area contributed by atoms with Crippen LogP contribution in [0.5, 0.6) is 0 Å². The largest absolute Gasteiger partial charge is 0.481 e. The second-order valence-electron chi connectivity index (χ2n) is 11.5. The van der Waals surface area contributed by atoms with Gasteiger partial charge in [-0.05, 0) is 38.5 Å². The molecule has 1 amide bonds. The Bertz CT molecular complexity index is 894. The van der Waals surface area contributed by atoms with Crippen LogP contribution in [0.15, 0.2) is 0 Å². The molecule has 0 bridgehead atoms. The van der Waals surface area contributed by atoms with Crippen molar-refractivity contribution < 1.29 is 39.3 Å². The van der Waals surface area contributed by atoms with Crippen LogP contribution in [-0.4, -0.2) is 67.3 Å². The number of carboxylic acids is 3. The Morgan fingerprint density at radius 3 is 1.87 bits per heavy atom. The molecule has 1 radical (unpaired) electrons. The van der Waals surface area contributed by atoms with Crippen LogP contribution in [0.4, 0.5) is 0 Å². The smallest absolute Gasteiger partial charge is 0.320 e.